The molecule has 0 saturated carbocycles. The lowest BCUT2D eigenvalue weighted by atomic mass is 9.98. The van der Waals surface area contributed by atoms with Crippen LogP contribution >= 0.6 is 0 Å². The Morgan fingerprint density at radius 3 is 2.18 bits per heavy atom. The molecule has 3 rings (SSSR count). The number of nitrogens with zero attached hydrogens (tertiary/aromatic N) is 2. The van der Waals surface area contributed by atoms with E-state index in [1.165, 1.54) is 24.3 Å². The molecule has 0 amide bonds. The summed E-state index contributed by atoms with van der Waals surface area (Å²) in [6.07, 6.45) is -0.916. The van der Waals surface area contributed by atoms with Crippen molar-refractivity contribution in [3.63, 3.8) is 0 Å². The Balaban J connectivity index is 1.89. The quantitative estimate of drug-likeness (QED) is 0.383. The minimum Gasteiger partial charge on any atom is -0.460 e. The van der Waals surface area contributed by atoms with E-state index in [1.807, 2.05) is 19.9 Å². The van der Waals surface area contributed by atoms with Crippen LogP contribution in [0.25, 0.3) is 5.70 Å². The number of aliphatic imine (C=N–C) groups is 1. The molecule has 6 nitrogen and oxygen atoms in total. The first kappa shape index (κ1) is 29.0. The van der Waals surface area contributed by atoms with Gasteiger partial charge in [-0.25, -0.2) is 13.8 Å². The van der Waals surface area contributed by atoms with E-state index in [9.17, 15) is 23.8 Å². The van der Waals surface area contributed by atoms with Crippen LogP contribution in [-0.2, 0) is 9.53 Å². The number of benzene rings is 2. The molecule has 1 unspecified atom stereocenters. The zero-order valence-corrected chi connectivity index (χ0v) is 22.3. The van der Waals surface area contributed by atoms with Crippen LogP contribution in [0.5, 0.6) is 0 Å². The highest BCUT2D eigenvalue weighted by atomic mass is 19.1. The summed E-state index contributed by atoms with van der Waals surface area (Å²) in [5.74, 6) is 1.98. The van der Waals surface area contributed by atoms with E-state index >= 15 is 0 Å². The Morgan fingerprint density at radius 2 is 1.63 bits per heavy atom. The maximum absolute atomic E-state index is 13.7. The highest BCUT2D eigenvalue weighted by Gasteiger charge is 2.28. The Bertz CT molecular complexity index is 1240. The molecule has 0 radical (unpaired) electrons. The molecule has 8 heteroatoms. The number of hydrogen-bond acceptors (Lipinski definition) is 6. The molecule has 202 valence electrons. The SMILES string of the molecule is CC(C)C1=NC(c2ccc(F)cc2)=CC(c2ccc(F)cc2)N1C#C[C@@H](O)C[C@@H](O)CC(=O)OC(C)(C)C. The summed E-state index contributed by atoms with van der Waals surface area (Å²) < 4.78 is 32.4. The van der Waals surface area contributed by atoms with E-state index < -0.39 is 29.8 Å². The highest BCUT2D eigenvalue weighted by Crippen LogP contribution is 2.34. The predicted octanol–water partition coefficient (Wildman–Crippen LogP) is 5.22. The van der Waals surface area contributed by atoms with Gasteiger partial charge in [-0.05, 0) is 74.7 Å². The second-order valence-electron chi connectivity index (χ2n) is 10.5. The second-order valence-corrected chi connectivity index (χ2v) is 10.5. The van der Waals surface area contributed by atoms with Gasteiger partial charge in [-0.2, -0.15) is 0 Å². The summed E-state index contributed by atoms with van der Waals surface area (Å²) in [5, 5.41) is 20.8. The number of hydrogen-bond donors (Lipinski definition) is 2. The van der Waals surface area contributed by atoms with E-state index in [1.54, 1.807) is 49.9 Å². The van der Waals surface area contributed by atoms with Gasteiger partial charge in [0.15, 0.2) is 0 Å². The van der Waals surface area contributed by atoms with Crippen LogP contribution in [0.2, 0.25) is 0 Å². The van der Waals surface area contributed by atoms with Crippen LogP contribution in [0.15, 0.2) is 59.6 Å². The molecule has 2 aromatic carbocycles. The van der Waals surface area contributed by atoms with E-state index in [0.29, 0.717) is 11.5 Å². The molecule has 0 fully saturated rings. The van der Waals surface area contributed by atoms with Gasteiger partial charge in [0.25, 0.3) is 0 Å². The maximum Gasteiger partial charge on any atom is 0.308 e. The molecule has 0 spiro atoms. The van der Waals surface area contributed by atoms with Crippen molar-refractivity contribution in [1.29, 1.82) is 0 Å². The molecule has 1 heterocycles. The first-order chi connectivity index (χ1) is 17.8. The van der Waals surface area contributed by atoms with E-state index in [-0.39, 0.29) is 30.4 Å². The lowest BCUT2D eigenvalue weighted by molar-refractivity contribution is -0.157. The fourth-order valence-electron chi connectivity index (χ4n) is 3.92. The molecule has 2 aromatic rings. The molecule has 3 atom stereocenters. The second kappa shape index (κ2) is 12.3. The largest absolute Gasteiger partial charge is 0.460 e. The lowest BCUT2D eigenvalue weighted by Gasteiger charge is -2.33. The maximum atomic E-state index is 13.7. The molecule has 0 aliphatic carbocycles. The van der Waals surface area contributed by atoms with Crippen molar-refractivity contribution >= 4 is 17.5 Å². The van der Waals surface area contributed by atoms with Crippen molar-refractivity contribution in [2.45, 2.75) is 71.3 Å². The summed E-state index contributed by atoms with van der Waals surface area (Å²) in [5.41, 5.74) is 1.41. The van der Waals surface area contributed by atoms with Gasteiger partial charge in [-0.3, -0.25) is 9.69 Å². The summed E-state index contributed by atoms with van der Waals surface area (Å²) in [6, 6.07) is 14.5. The number of carbonyl (C=O) groups is 1. The third-order valence-electron chi connectivity index (χ3n) is 5.61. The van der Waals surface area contributed by atoms with Gasteiger partial charge in [-0.15, -0.1) is 0 Å². The van der Waals surface area contributed by atoms with Gasteiger partial charge in [-0.1, -0.05) is 26.0 Å². The van der Waals surface area contributed by atoms with Crippen molar-refractivity contribution < 1.29 is 28.5 Å². The molecule has 38 heavy (non-hydrogen) atoms. The molecule has 1 aliphatic rings. The molecular formula is C30H34F2N2O4. The van der Waals surface area contributed by atoms with Gasteiger partial charge in [0.05, 0.1) is 24.3 Å². The van der Waals surface area contributed by atoms with Crippen molar-refractivity contribution in [1.82, 2.24) is 4.90 Å². The number of amidine groups is 1. The van der Waals surface area contributed by atoms with Gasteiger partial charge in [0.2, 0.25) is 0 Å². The van der Waals surface area contributed by atoms with Gasteiger partial charge in [0, 0.05) is 23.9 Å². The topological polar surface area (TPSA) is 82.4 Å². The number of carbonyl (C=O) groups excluding carboxylic acids is 1. The monoisotopic (exact) mass is 524 g/mol. The van der Waals surface area contributed by atoms with Crippen LogP contribution < -0.4 is 0 Å². The molecular weight excluding hydrogens is 490 g/mol. The normalized spacial score (nSPS) is 17.2. The zero-order valence-electron chi connectivity index (χ0n) is 22.3. The standard InChI is InChI=1S/C30H34F2N2O4/c1-19(2)29-33-26(20-6-10-22(31)11-7-20)18-27(21-8-12-23(32)13-9-21)34(29)15-14-24(35)16-25(36)17-28(37)38-30(3,4)5/h6-13,18-19,24-25,27,35-36H,16-17H2,1-5H3/t24-,25-,27?/m1/s1. The highest BCUT2D eigenvalue weighted by molar-refractivity contribution is 5.93. The lowest BCUT2D eigenvalue weighted by Crippen LogP contribution is -2.36. The Kier molecular flexibility index (Phi) is 9.42. The minimum absolute atomic E-state index is 0.0775. The van der Waals surface area contributed by atoms with Crippen molar-refractivity contribution in [2.24, 2.45) is 10.9 Å². The summed E-state index contributed by atoms with van der Waals surface area (Å²) >= 11 is 0. The predicted molar refractivity (Wildman–Crippen MR) is 142 cm³/mol. The van der Waals surface area contributed by atoms with Crippen LogP contribution in [0.3, 0.4) is 0 Å². The summed E-state index contributed by atoms with van der Waals surface area (Å²) in [4.78, 5) is 18.5. The number of rotatable bonds is 7. The Labute approximate surface area is 222 Å². The number of ether oxygens (including phenoxy) is 1. The fraction of sp³-hybridized carbons (Fsp3) is 0.400. The van der Waals surface area contributed by atoms with Crippen LogP contribution in [0.1, 0.15) is 64.6 Å². The molecule has 0 bridgehead atoms. The molecule has 0 saturated heterocycles. The first-order valence-corrected chi connectivity index (χ1v) is 12.5. The summed E-state index contributed by atoms with van der Waals surface area (Å²) in [6.45, 7) is 9.10. The third-order valence-corrected chi connectivity index (χ3v) is 5.61. The minimum atomic E-state index is -1.22. The Morgan fingerprint density at radius 1 is 1.05 bits per heavy atom. The van der Waals surface area contributed by atoms with Gasteiger partial charge in [0.1, 0.15) is 29.2 Å². The third kappa shape index (κ3) is 8.23. The first-order valence-electron chi connectivity index (χ1n) is 12.5. The summed E-state index contributed by atoms with van der Waals surface area (Å²) in [7, 11) is 0. The average molecular weight is 525 g/mol. The van der Waals surface area contributed by atoms with Gasteiger partial charge >= 0.3 is 5.97 Å². The van der Waals surface area contributed by atoms with Crippen molar-refractivity contribution in [2.75, 3.05) is 0 Å². The fourth-order valence-corrected chi connectivity index (χ4v) is 3.92. The van der Waals surface area contributed by atoms with Crippen LogP contribution in [0, 0.1) is 29.5 Å². The van der Waals surface area contributed by atoms with Gasteiger partial charge < -0.3 is 14.9 Å². The molecule has 0 aromatic heterocycles. The Hall–Kier alpha value is -3.54. The average Bonchev–Trinajstić information content (AvgIpc) is 2.81. The number of aliphatic hydroxyl groups is 2. The van der Waals surface area contributed by atoms with E-state index in [0.717, 1.165) is 11.1 Å². The smallest absolute Gasteiger partial charge is 0.308 e. The van der Waals surface area contributed by atoms with E-state index in [4.69, 9.17) is 9.73 Å². The van der Waals surface area contributed by atoms with Crippen molar-refractivity contribution in [3.8, 4) is 12.0 Å². The number of esters is 1. The van der Waals surface area contributed by atoms with Crippen LogP contribution in [0.4, 0.5) is 8.78 Å². The molecule has 2 N–H and O–H groups in total. The number of halogens is 2. The molecule has 1 aliphatic heterocycles. The van der Waals surface area contributed by atoms with Crippen molar-refractivity contribution in [3.05, 3.63) is 77.4 Å². The zero-order chi connectivity index (χ0) is 28.0. The van der Waals surface area contributed by atoms with E-state index in [2.05, 4.69) is 12.0 Å². The number of aliphatic hydroxyl groups excluding tert-OH is 2. The van der Waals surface area contributed by atoms with Crippen LogP contribution in [-0.4, -0.2) is 44.7 Å².